The topological polar surface area (TPSA) is 66.6 Å². The smallest absolute Gasteiger partial charge is 0.254 e. The van der Waals surface area contributed by atoms with Gasteiger partial charge in [0.05, 0.1) is 12.6 Å². The molecule has 1 unspecified atom stereocenters. The van der Waals surface area contributed by atoms with E-state index >= 15 is 0 Å². The third kappa shape index (κ3) is 6.03. The van der Waals surface area contributed by atoms with Crippen LogP contribution in [0.15, 0.2) is 48.5 Å². The Hall–Kier alpha value is -2.11. The molecule has 0 aliphatic rings. The first-order valence-electron chi connectivity index (χ1n) is 7.95. The number of carbonyl (C=O) groups excluding carboxylic acids is 1. The Bertz CT molecular complexity index is 692. The van der Waals surface area contributed by atoms with Gasteiger partial charge < -0.3 is 15.7 Å². The van der Waals surface area contributed by atoms with Gasteiger partial charge in [-0.3, -0.25) is 4.79 Å². The zero-order valence-corrected chi connectivity index (χ0v) is 15.2. The maximum absolute atomic E-state index is 13.0. The van der Waals surface area contributed by atoms with Gasteiger partial charge in [-0.15, -0.1) is 12.4 Å². The molecule has 6 heteroatoms. The van der Waals surface area contributed by atoms with Gasteiger partial charge in [-0.05, 0) is 41.8 Å². The molecule has 4 nitrogen and oxygen atoms in total. The van der Waals surface area contributed by atoms with Crippen LogP contribution in [0.1, 0.15) is 35.9 Å². The standard InChI is InChI=1S/C19H23FN2O2.ClH/c1-13(2)11-22(19(24)15-4-3-5-17(21)10-15)12-18(23)14-6-8-16(20)9-7-14;/h3-10,13,18,23H,11-12,21H2,1-2H3;1H. The van der Waals surface area contributed by atoms with E-state index in [1.54, 1.807) is 29.2 Å². The molecule has 0 aliphatic heterocycles. The number of nitrogens with two attached hydrogens (primary N) is 1. The number of benzene rings is 2. The highest BCUT2D eigenvalue weighted by Crippen LogP contribution is 2.18. The highest BCUT2D eigenvalue weighted by Gasteiger charge is 2.21. The number of hydrogen-bond donors (Lipinski definition) is 2. The van der Waals surface area contributed by atoms with Crippen LogP contribution in [0, 0.1) is 11.7 Å². The van der Waals surface area contributed by atoms with E-state index in [1.165, 1.54) is 24.3 Å². The summed E-state index contributed by atoms with van der Waals surface area (Å²) >= 11 is 0. The molecule has 0 radical (unpaired) electrons. The Morgan fingerprint density at radius 1 is 1.16 bits per heavy atom. The first kappa shape index (κ1) is 20.9. The predicted octanol–water partition coefficient (Wildman–Crippen LogP) is 3.66. The van der Waals surface area contributed by atoms with Crippen molar-refractivity contribution in [3.63, 3.8) is 0 Å². The van der Waals surface area contributed by atoms with Crippen LogP contribution < -0.4 is 5.73 Å². The fourth-order valence-electron chi connectivity index (χ4n) is 2.53. The van der Waals surface area contributed by atoms with E-state index in [4.69, 9.17) is 5.73 Å². The Morgan fingerprint density at radius 2 is 1.80 bits per heavy atom. The van der Waals surface area contributed by atoms with Crippen LogP contribution in [0.3, 0.4) is 0 Å². The summed E-state index contributed by atoms with van der Waals surface area (Å²) in [6, 6.07) is 12.4. The number of aliphatic hydroxyl groups excluding tert-OH is 1. The first-order chi connectivity index (χ1) is 11.4. The fraction of sp³-hybridized carbons (Fsp3) is 0.316. The van der Waals surface area contributed by atoms with Gasteiger partial charge in [0, 0.05) is 17.8 Å². The van der Waals surface area contributed by atoms with Crippen molar-refractivity contribution < 1.29 is 14.3 Å². The molecule has 0 saturated heterocycles. The zero-order valence-electron chi connectivity index (χ0n) is 14.4. The normalized spacial score (nSPS) is 11.7. The Morgan fingerprint density at radius 3 is 2.36 bits per heavy atom. The first-order valence-corrected chi connectivity index (χ1v) is 7.95. The molecule has 0 spiro atoms. The summed E-state index contributed by atoms with van der Waals surface area (Å²) in [7, 11) is 0. The monoisotopic (exact) mass is 366 g/mol. The van der Waals surface area contributed by atoms with Crippen LogP contribution in [0.4, 0.5) is 10.1 Å². The highest BCUT2D eigenvalue weighted by molar-refractivity contribution is 5.95. The van der Waals surface area contributed by atoms with E-state index in [-0.39, 0.29) is 36.6 Å². The van der Waals surface area contributed by atoms with Crippen molar-refractivity contribution >= 4 is 24.0 Å². The molecule has 0 fully saturated rings. The summed E-state index contributed by atoms with van der Waals surface area (Å²) in [5.41, 5.74) is 7.33. The minimum Gasteiger partial charge on any atom is -0.399 e. The second-order valence-corrected chi connectivity index (χ2v) is 6.30. The van der Waals surface area contributed by atoms with E-state index < -0.39 is 6.10 Å². The van der Waals surface area contributed by atoms with Gasteiger partial charge in [0.1, 0.15) is 5.82 Å². The summed E-state index contributed by atoms with van der Waals surface area (Å²) in [5, 5.41) is 10.4. The number of halogens is 2. The molecule has 2 aromatic carbocycles. The molecule has 136 valence electrons. The molecular weight excluding hydrogens is 343 g/mol. The van der Waals surface area contributed by atoms with Crippen molar-refractivity contribution in [2.45, 2.75) is 20.0 Å². The number of amides is 1. The van der Waals surface area contributed by atoms with Crippen molar-refractivity contribution in [2.24, 2.45) is 5.92 Å². The zero-order chi connectivity index (χ0) is 17.7. The van der Waals surface area contributed by atoms with Crippen molar-refractivity contribution in [3.8, 4) is 0 Å². The summed E-state index contributed by atoms with van der Waals surface area (Å²) in [4.78, 5) is 14.4. The molecule has 25 heavy (non-hydrogen) atoms. The average Bonchev–Trinajstić information content (AvgIpc) is 2.53. The lowest BCUT2D eigenvalue weighted by Crippen LogP contribution is -2.37. The molecule has 0 bridgehead atoms. The van der Waals surface area contributed by atoms with Crippen molar-refractivity contribution in [2.75, 3.05) is 18.8 Å². The molecule has 0 aromatic heterocycles. The molecular formula is C19H24ClFN2O2. The van der Waals surface area contributed by atoms with Gasteiger partial charge in [0.2, 0.25) is 0 Å². The quantitative estimate of drug-likeness (QED) is 0.767. The van der Waals surface area contributed by atoms with Gasteiger partial charge in [0.25, 0.3) is 5.91 Å². The van der Waals surface area contributed by atoms with E-state index in [2.05, 4.69) is 0 Å². The van der Waals surface area contributed by atoms with Gasteiger partial charge in [-0.2, -0.15) is 0 Å². The van der Waals surface area contributed by atoms with Crippen LogP contribution in [-0.4, -0.2) is 29.0 Å². The van der Waals surface area contributed by atoms with Gasteiger partial charge in [-0.1, -0.05) is 32.0 Å². The Balaban J connectivity index is 0.00000312. The second kappa shape index (κ2) is 9.39. The fourth-order valence-corrected chi connectivity index (χ4v) is 2.53. The van der Waals surface area contributed by atoms with Crippen LogP contribution in [0.25, 0.3) is 0 Å². The summed E-state index contributed by atoms with van der Waals surface area (Å²) < 4.78 is 13.0. The lowest BCUT2D eigenvalue weighted by molar-refractivity contribution is 0.0594. The number of aliphatic hydroxyl groups is 1. The number of rotatable bonds is 6. The van der Waals surface area contributed by atoms with Gasteiger partial charge >= 0.3 is 0 Å². The number of anilines is 1. The largest absolute Gasteiger partial charge is 0.399 e. The maximum Gasteiger partial charge on any atom is 0.254 e. The van der Waals surface area contributed by atoms with Crippen molar-refractivity contribution in [3.05, 3.63) is 65.5 Å². The van der Waals surface area contributed by atoms with Gasteiger partial charge in [0.15, 0.2) is 0 Å². The van der Waals surface area contributed by atoms with E-state index in [0.29, 0.717) is 23.4 Å². The van der Waals surface area contributed by atoms with E-state index in [9.17, 15) is 14.3 Å². The lowest BCUT2D eigenvalue weighted by atomic mass is 10.1. The molecule has 1 amide bonds. The second-order valence-electron chi connectivity index (χ2n) is 6.30. The number of hydrogen-bond acceptors (Lipinski definition) is 3. The average molecular weight is 367 g/mol. The summed E-state index contributed by atoms with van der Waals surface area (Å²) in [6.45, 7) is 4.65. The minimum absolute atomic E-state index is 0. The predicted molar refractivity (Wildman–Crippen MR) is 100 cm³/mol. The SMILES string of the molecule is CC(C)CN(CC(O)c1ccc(F)cc1)C(=O)c1cccc(N)c1.Cl. The van der Waals surface area contributed by atoms with Crippen LogP contribution >= 0.6 is 12.4 Å². The highest BCUT2D eigenvalue weighted by atomic mass is 35.5. The van der Waals surface area contributed by atoms with Crippen molar-refractivity contribution in [1.82, 2.24) is 4.90 Å². The van der Waals surface area contributed by atoms with Crippen molar-refractivity contribution in [1.29, 1.82) is 0 Å². The molecule has 0 aliphatic carbocycles. The van der Waals surface area contributed by atoms with Crippen LogP contribution in [0.5, 0.6) is 0 Å². The molecule has 1 atom stereocenters. The Labute approximate surface area is 153 Å². The van der Waals surface area contributed by atoms with E-state index in [1.807, 2.05) is 13.8 Å². The third-order valence-electron chi connectivity index (χ3n) is 3.65. The number of carbonyl (C=O) groups is 1. The van der Waals surface area contributed by atoms with Gasteiger partial charge in [-0.25, -0.2) is 4.39 Å². The molecule has 2 rings (SSSR count). The van der Waals surface area contributed by atoms with Crippen LogP contribution in [0.2, 0.25) is 0 Å². The maximum atomic E-state index is 13.0. The van der Waals surface area contributed by atoms with E-state index in [0.717, 1.165) is 0 Å². The minimum atomic E-state index is -0.880. The number of nitrogen functional groups attached to an aromatic ring is 1. The van der Waals surface area contributed by atoms with Crippen LogP contribution in [-0.2, 0) is 0 Å². The molecule has 0 saturated carbocycles. The molecule has 0 heterocycles. The summed E-state index contributed by atoms with van der Waals surface area (Å²) in [6.07, 6.45) is -0.880. The Kier molecular flexibility index (Phi) is 7.87. The lowest BCUT2D eigenvalue weighted by Gasteiger charge is -2.27. The summed E-state index contributed by atoms with van der Waals surface area (Å²) in [5.74, 6) is -0.298. The third-order valence-corrected chi connectivity index (χ3v) is 3.65. The molecule has 2 aromatic rings. The molecule has 3 N–H and O–H groups in total. The number of nitrogens with zero attached hydrogens (tertiary/aromatic N) is 1.